The molecule has 2 N–H and O–H groups in total. The van der Waals surface area contributed by atoms with Crippen molar-refractivity contribution in [1.29, 1.82) is 0 Å². The summed E-state index contributed by atoms with van der Waals surface area (Å²) in [5.41, 5.74) is 6.21. The number of likely N-dealkylation sites (tertiary alicyclic amines) is 1. The lowest BCUT2D eigenvalue weighted by Crippen LogP contribution is -2.49. The van der Waals surface area contributed by atoms with Crippen LogP contribution in [0.25, 0.3) is 0 Å². The molecule has 6 heteroatoms. The largest absolute Gasteiger partial charge is 0.457 e. The van der Waals surface area contributed by atoms with Gasteiger partial charge in [0, 0.05) is 6.54 Å². The minimum absolute atomic E-state index is 0.0804. The maximum absolute atomic E-state index is 12.3. The smallest absolute Gasteiger partial charge is 0.258 e. The van der Waals surface area contributed by atoms with Gasteiger partial charge in [0.1, 0.15) is 0 Å². The van der Waals surface area contributed by atoms with Crippen molar-refractivity contribution >= 4 is 39.0 Å². The molecule has 0 spiro atoms. The minimum Gasteiger partial charge on any atom is -0.457 e. The number of carbonyl (C=O) groups is 1. The predicted molar refractivity (Wildman–Crippen MR) is 71.9 cm³/mol. The molecular weight excluding hydrogens is 304 g/mol. The second kappa shape index (κ2) is 5.18. The Hall–Kier alpha value is -0.880. The third-order valence-electron chi connectivity index (χ3n) is 2.94. The number of amides is 1. The van der Waals surface area contributed by atoms with E-state index in [9.17, 15) is 4.79 Å². The summed E-state index contributed by atoms with van der Waals surface area (Å²) in [5, 5.41) is 0. The normalized spacial score (nSPS) is 20.3. The molecule has 1 aromatic rings. The summed E-state index contributed by atoms with van der Waals surface area (Å²) < 4.78 is 5.53. The monoisotopic (exact) mass is 316 g/mol. The van der Waals surface area contributed by atoms with Crippen LogP contribution < -0.4 is 5.73 Å². The van der Waals surface area contributed by atoms with E-state index in [-0.39, 0.29) is 11.9 Å². The third-order valence-corrected chi connectivity index (χ3v) is 3.83. The van der Waals surface area contributed by atoms with Gasteiger partial charge >= 0.3 is 0 Å². The Bertz CT molecular complexity index is 446. The highest BCUT2D eigenvalue weighted by Crippen LogP contribution is 2.24. The average molecular weight is 317 g/mol. The van der Waals surface area contributed by atoms with Gasteiger partial charge in [0.2, 0.25) is 0 Å². The van der Waals surface area contributed by atoms with Crippen molar-refractivity contribution in [3.63, 3.8) is 0 Å². The van der Waals surface area contributed by atoms with Gasteiger partial charge in [-0.1, -0.05) is 12.2 Å². The van der Waals surface area contributed by atoms with E-state index >= 15 is 0 Å². The van der Waals surface area contributed by atoms with Crippen molar-refractivity contribution in [3.05, 3.63) is 22.6 Å². The topological polar surface area (TPSA) is 59.5 Å². The van der Waals surface area contributed by atoms with Crippen LogP contribution in [0.2, 0.25) is 0 Å². The predicted octanol–water partition coefficient (Wildman–Crippen LogP) is 2.32. The first-order valence-electron chi connectivity index (χ1n) is 5.44. The molecule has 92 valence electrons. The summed E-state index contributed by atoms with van der Waals surface area (Å²) in [4.78, 5) is 14.4. The molecule has 1 unspecified atom stereocenters. The minimum atomic E-state index is -0.131. The number of nitrogens with zero attached hydrogens (tertiary/aromatic N) is 1. The van der Waals surface area contributed by atoms with Gasteiger partial charge in [-0.2, -0.15) is 0 Å². The Labute approximate surface area is 113 Å². The van der Waals surface area contributed by atoms with Crippen LogP contribution in [-0.2, 0) is 0 Å². The Balaban J connectivity index is 2.23. The first-order chi connectivity index (χ1) is 8.11. The molecule has 2 heterocycles. The van der Waals surface area contributed by atoms with Crippen molar-refractivity contribution in [2.45, 2.75) is 25.3 Å². The molecule has 0 radical (unpaired) electrons. The molecule has 0 aliphatic carbocycles. The zero-order valence-electron chi connectivity index (χ0n) is 9.19. The summed E-state index contributed by atoms with van der Waals surface area (Å²) in [6.45, 7) is 0.693. The van der Waals surface area contributed by atoms with Crippen molar-refractivity contribution in [3.8, 4) is 0 Å². The first-order valence-corrected chi connectivity index (χ1v) is 6.64. The van der Waals surface area contributed by atoms with Crippen LogP contribution in [0.3, 0.4) is 0 Å². The van der Waals surface area contributed by atoms with Gasteiger partial charge in [-0.3, -0.25) is 4.79 Å². The number of hydrogen-bond acceptors (Lipinski definition) is 3. The van der Waals surface area contributed by atoms with Gasteiger partial charge in [0.05, 0.1) is 22.9 Å². The molecule has 2 rings (SSSR count). The van der Waals surface area contributed by atoms with Gasteiger partial charge < -0.3 is 15.1 Å². The summed E-state index contributed by atoms with van der Waals surface area (Å²) in [6, 6.07) is 1.52. The van der Waals surface area contributed by atoms with Gasteiger partial charge in [-0.15, -0.1) is 0 Å². The molecule has 1 aliphatic rings. The fourth-order valence-electron chi connectivity index (χ4n) is 2.07. The zero-order valence-corrected chi connectivity index (χ0v) is 11.6. The van der Waals surface area contributed by atoms with Gasteiger partial charge in [-0.25, -0.2) is 0 Å². The van der Waals surface area contributed by atoms with Crippen molar-refractivity contribution in [2.24, 2.45) is 5.73 Å². The molecule has 0 saturated carbocycles. The van der Waals surface area contributed by atoms with Crippen LogP contribution in [-0.4, -0.2) is 28.4 Å². The fraction of sp³-hybridized carbons (Fsp3) is 0.455. The van der Waals surface area contributed by atoms with E-state index in [1.807, 2.05) is 0 Å². The molecule has 1 aliphatic heterocycles. The Morgan fingerprint density at radius 1 is 1.59 bits per heavy atom. The summed E-state index contributed by atoms with van der Waals surface area (Å²) >= 11 is 8.23. The Morgan fingerprint density at radius 2 is 2.35 bits per heavy atom. The summed E-state index contributed by atoms with van der Waals surface area (Å²) in [7, 11) is 0. The summed E-state index contributed by atoms with van der Waals surface area (Å²) in [5.74, 6) is -0.0804. The van der Waals surface area contributed by atoms with Gasteiger partial charge in [0.15, 0.2) is 4.67 Å². The van der Waals surface area contributed by atoms with Crippen LogP contribution in [0, 0.1) is 0 Å². The highest BCUT2D eigenvalue weighted by Gasteiger charge is 2.30. The van der Waals surface area contributed by atoms with Crippen LogP contribution in [0.15, 0.2) is 21.4 Å². The second-order valence-corrected chi connectivity index (χ2v) is 5.21. The lowest BCUT2D eigenvalue weighted by atomic mass is 10.0. The lowest BCUT2D eigenvalue weighted by Gasteiger charge is -2.34. The third kappa shape index (κ3) is 2.52. The maximum atomic E-state index is 12.3. The van der Waals surface area contributed by atoms with Crippen LogP contribution >= 0.6 is 28.1 Å². The first kappa shape index (κ1) is 12.6. The summed E-state index contributed by atoms with van der Waals surface area (Å²) in [6.07, 6.45) is 4.37. The molecular formula is C11H13BrN2O2S. The van der Waals surface area contributed by atoms with E-state index < -0.39 is 0 Å². The number of hydrogen-bond donors (Lipinski definition) is 1. The van der Waals surface area contributed by atoms with Crippen LogP contribution in [0.4, 0.5) is 0 Å². The zero-order chi connectivity index (χ0) is 12.4. The molecule has 1 atom stereocenters. The quantitative estimate of drug-likeness (QED) is 0.851. The highest BCUT2D eigenvalue weighted by molar-refractivity contribution is 9.10. The number of piperidine rings is 1. The van der Waals surface area contributed by atoms with E-state index in [2.05, 4.69) is 15.9 Å². The molecule has 17 heavy (non-hydrogen) atoms. The molecule has 1 aromatic heterocycles. The highest BCUT2D eigenvalue weighted by atomic mass is 79.9. The maximum Gasteiger partial charge on any atom is 0.258 e. The van der Waals surface area contributed by atoms with Crippen LogP contribution in [0.5, 0.6) is 0 Å². The number of thiocarbonyl (C=S) groups is 1. The average Bonchev–Trinajstić information content (AvgIpc) is 2.74. The van der Waals surface area contributed by atoms with Crippen molar-refractivity contribution < 1.29 is 9.21 Å². The number of furan rings is 1. The Kier molecular flexibility index (Phi) is 3.83. The number of halogens is 1. The van der Waals surface area contributed by atoms with Crippen LogP contribution in [0.1, 0.15) is 29.6 Å². The lowest BCUT2D eigenvalue weighted by molar-refractivity contribution is 0.0679. The number of carbonyl (C=O) groups excluding carboxylic acids is 1. The molecule has 0 aromatic carbocycles. The van der Waals surface area contributed by atoms with E-state index in [1.165, 1.54) is 6.26 Å². The second-order valence-electron chi connectivity index (χ2n) is 4.02. The molecule has 4 nitrogen and oxygen atoms in total. The van der Waals surface area contributed by atoms with E-state index in [4.69, 9.17) is 22.4 Å². The SMILES string of the molecule is NC(=S)C1CCCCN1C(=O)c1ccoc1Br. The molecule has 1 fully saturated rings. The molecule has 1 saturated heterocycles. The van der Waals surface area contributed by atoms with Crippen molar-refractivity contribution in [2.75, 3.05) is 6.54 Å². The Morgan fingerprint density at radius 3 is 2.94 bits per heavy atom. The standard InChI is InChI=1S/C11H13BrN2O2S/c12-9-7(4-6-16-9)11(15)14-5-2-1-3-8(14)10(13)17/h4,6,8H,1-3,5H2,(H2,13,17). The van der Waals surface area contributed by atoms with E-state index in [1.54, 1.807) is 11.0 Å². The number of nitrogens with two attached hydrogens (primary N) is 1. The molecule has 1 amide bonds. The van der Waals surface area contributed by atoms with E-state index in [0.29, 0.717) is 21.8 Å². The van der Waals surface area contributed by atoms with Gasteiger partial charge in [-0.05, 0) is 41.3 Å². The van der Waals surface area contributed by atoms with Gasteiger partial charge in [0.25, 0.3) is 5.91 Å². The van der Waals surface area contributed by atoms with Crippen molar-refractivity contribution in [1.82, 2.24) is 4.90 Å². The van der Waals surface area contributed by atoms with E-state index in [0.717, 1.165) is 19.3 Å². The molecule has 0 bridgehead atoms. The fourth-order valence-corrected chi connectivity index (χ4v) is 2.73. The number of rotatable bonds is 2.